The van der Waals surface area contributed by atoms with Gasteiger partial charge in [-0.2, -0.15) is 0 Å². The largest absolute Gasteiger partial charge is 0.348 e. The highest BCUT2D eigenvalue weighted by molar-refractivity contribution is 7.12. The summed E-state index contributed by atoms with van der Waals surface area (Å²) in [4.78, 5) is 43.0. The molecule has 0 radical (unpaired) electrons. The lowest BCUT2D eigenvalue weighted by Gasteiger charge is -2.22. The zero-order valence-electron chi connectivity index (χ0n) is 18.0. The predicted molar refractivity (Wildman–Crippen MR) is 124 cm³/mol. The number of nitrogens with zero attached hydrogens (tertiary/aromatic N) is 3. The molecule has 0 atom stereocenters. The van der Waals surface area contributed by atoms with Crippen LogP contribution in [0.15, 0.2) is 41.8 Å². The number of rotatable bonds is 7. The Labute approximate surface area is 186 Å². The van der Waals surface area contributed by atoms with Gasteiger partial charge in [-0.3, -0.25) is 24.2 Å². The van der Waals surface area contributed by atoms with Gasteiger partial charge >= 0.3 is 0 Å². The maximum absolute atomic E-state index is 12.5. The van der Waals surface area contributed by atoms with Gasteiger partial charge in [0.2, 0.25) is 11.8 Å². The second-order valence-corrected chi connectivity index (χ2v) is 8.70. The second kappa shape index (κ2) is 11.0. The summed E-state index contributed by atoms with van der Waals surface area (Å²) in [5.41, 5.74) is 1.36. The van der Waals surface area contributed by atoms with Gasteiger partial charge in [-0.15, -0.1) is 11.3 Å². The number of hydrogen-bond donors (Lipinski definition) is 2. The molecule has 1 aliphatic heterocycles. The third-order valence-electron chi connectivity index (χ3n) is 5.08. The Morgan fingerprint density at radius 2 is 1.52 bits per heavy atom. The first-order valence-electron chi connectivity index (χ1n) is 10.3. The monoisotopic (exact) mass is 443 g/mol. The Balaban J connectivity index is 1.44. The van der Waals surface area contributed by atoms with Crippen LogP contribution < -0.4 is 10.6 Å². The quantitative estimate of drug-likeness (QED) is 0.684. The van der Waals surface area contributed by atoms with Gasteiger partial charge in [0.1, 0.15) is 0 Å². The average Bonchev–Trinajstić information content (AvgIpc) is 3.19. The Bertz CT molecular complexity index is 883. The van der Waals surface area contributed by atoms with Crippen LogP contribution in [0.5, 0.6) is 0 Å². The molecule has 0 bridgehead atoms. The van der Waals surface area contributed by atoms with E-state index >= 15 is 0 Å². The molecule has 3 amide bonds. The number of benzene rings is 1. The second-order valence-electron chi connectivity index (χ2n) is 7.75. The number of thiophene rings is 1. The zero-order valence-corrected chi connectivity index (χ0v) is 18.8. The predicted octanol–water partition coefficient (Wildman–Crippen LogP) is 2.03. The van der Waals surface area contributed by atoms with Crippen LogP contribution in [0, 0.1) is 0 Å². The number of hydrogen-bond acceptors (Lipinski definition) is 6. The number of anilines is 2. The zero-order chi connectivity index (χ0) is 22.2. The van der Waals surface area contributed by atoms with Crippen molar-refractivity contribution in [2.75, 3.05) is 64.0 Å². The van der Waals surface area contributed by atoms with Gasteiger partial charge in [0.05, 0.1) is 18.0 Å². The number of carbonyl (C=O) groups is 3. The summed E-state index contributed by atoms with van der Waals surface area (Å²) in [7, 11) is 3.53. The molecule has 8 nitrogen and oxygen atoms in total. The first-order chi connectivity index (χ1) is 14.9. The van der Waals surface area contributed by atoms with Crippen LogP contribution in [0.2, 0.25) is 0 Å². The molecular formula is C22H29N5O3S. The van der Waals surface area contributed by atoms with Gasteiger partial charge in [0.25, 0.3) is 5.91 Å². The van der Waals surface area contributed by atoms with E-state index in [1.165, 1.54) is 11.3 Å². The molecule has 9 heteroatoms. The normalized spacial score (nSPS) is 15.2. The average molecular weight is 444 g/mol. The number of nitrogens with one attached hydrogen (secondary N) is 2. The Morgan fingerprint density at radius 3 is 2.10 bits per heavy atom. The maximum Gasteiger partial charge on any atom is 0.265 e. The molecule has 0 unspecified atom stereocenters. The molecule has 3 rings (SSSR count). The van der Waals surface area contributed by atoms with Crippen LogP contribution >= 0.6 is 11.3 Å². The summed E-state index contributed by atoms with van der Waals surface area (Å²) in [6.45, 7) is 3.94. The van der Waals surface area contributed by atoms with Gasteiger partial charge in [-0.1, -0.05) is 6.07 Å². The van der Waals surface area contributed by atoms with Gasteiger partial charge < -0.3 is 15.5 Å². The third-order valence-corrected chi connectivity index (χ3v) is 5.95. The molecule has 166 valence electrons. The minimum absolute atomic E-state index is 0.0758. The molecule has 2 aromatic rings. The number of likely N-dealkylation sites (N-methyl/N-ethyl adjacent to an activating group) is 1. The van der Waals surface area contributed by atoms with Crippen molar-refractivity contribution in [1.29, 1.82) is 0 Å². The van der Waals surface area contributed by atoms with Crippen molar-refractivity contribution in [1.82, 2.24) is 14.7 Å². The van der Waals surface area contributed by atoms with E-state index in [1.807, 2.05) is 11.4 Å². The van der Waals surface area contributed by atoms with Gasteiger partial charge in [0.15, 0.2) is 0 Å². The van der Waals surface area contributed by atoms with Gasteiger partial charge in [0, 0.05) is 38.6 Å². The van der Waals surface area contributed by atoms with E-state index in [1.54, 1.807) is 49.3 Å². The van der Waals surface area contributed by atoms with E-state index < -0.39 is 0 Å². The van der Waals surface area contributed by atoms with E-state index in [0.717, 1.165) is 32.6 Å². The molecule has 2 heterocycles. The smallest absolute Gasteiger partial charge is 0.265 e. The van der Waals surface area contributed by atoms with Crippen molar-refractivity contribution in [3.05, 3.63) is 46.7 Å². The highest BCUT2D eigenvalue weighted by atomic mass is 32.1. The van der Waals surface area contributed by atoms with Crippen LogP contribution in [0.25, 0.3) is 0 Å². The lowest BCUT2D eigenvalue weighted by Crippen LogP contribution is -2.39. The van der Waals surface area contributed by atoms with Crippen molar-refractivity contribution < 1.29 is 14.4 Å². The van der Waals surface area contributed by atoms with Crippen molar-refractivity contribution in [2.24, 2.45) is 0 Å². The Morgan fingerprint density at radius 1 is 0.903 bits per heavy atom. The standard InChI is InChI=1S/C22H29N5O3S/c1-25(2)21(29)16-27-11-4-10-26(12-13-27)15-20(28)23-17-6-8-18(9-7-17)24-22(30)19-5-3-14-31-19/h3,5-9,14H,4,10-13,15-16H2,1-2H3,(H,23,28)(H,24,30). The summed E-state index contributed by atoms with van der Waals surface area (Å²) in [6, 6.07) is 10.7. The van der Waals surface area contributed by atoms with Crippen LogP contribution in [0.4, 0.5) is 11.4 Å². The summed E-state index contributed by atoms with van der Waals surface area (Å²) in [5.74, 6) is -0.122. The SMILES string of the molecule is CN(C)C(=O)CN1CCCN(CC(=O)Nc2ccc(NC(=O)c3cccs3)cc2)CC1. The van der Waals surface area contributed by atoms with Crippen LogP contribution in [0.1, 0.15) is 16.1 Å². The molecule has 0 aliphatic carbocycles. The van der Waals surface area contributed by atoms with Gasteiger partial charge in [-0.05, 0) is 55.2 Å². The molecule has 0 spiro atoms. The third kappa shape index (κ3) is 7.16. The van der Waals surface area contributed by atoms with E-state index in [9.17, 15) is 14.4 Å². The molecule has 1 saturated heterocycles. The van der Waals surface area contributed by atoms with Crippen LogP contribution in [0.3, 0.4) is 0 Å². The summed E-state index contributed by atoms with van der Waals surface area (Å²) in [6.07, 6.45) is 0.923. The van der Waals surface area contributed by atoms with E-state index in [2.05, 4.69) is 20.4 Å². The van der Waals surface area contributed by atoms with Crippen molar-refractivity contribution in [3.63, 3.8) is 0 Å². The van der Waals surface area contributed by atoms with E-state index in [-0.39, 0.29) is 17.7 Å². The highest BCUT2D eigenvalue weighted by Crippen LogP contribution is 2.16. The van der Waals surface area contributed by atoms with Crippen LogP contribution in [-0.4, -0.2) is 85.8 Å². The summed E-state index contributed by atoms with van der Waals surface area (Å²) < 4.78 is 0. The van der Waals surface area contributed by atoms with E-state index in [0.29, 0.717) is 29.3 Å². The fourth-order valence-corrected chi connectivity index (χ4v) is 3.93. The first kappa shape index (κ1) is 22.9. The maximum atomic E-state index is 12.5. The molecule has 1 aromatic carbocycles. The Kier molecular flexibility index (Phi) is 8.16. The Hall–Kier alpha value is -2.75. The fraction of sp³-hybridized carbons (Fsp3) is 0.409. The summed E-state index contributed by atoms with van der Waals surface area (Å²) in [5, 5.41) is 7.61. The molecule has 1 fully saturated rings. The number of carbonyl (C=O) groups excluding carboxylic acids is 3. The molecule has 0 saturated carbocycles. The molecular weight excluding hydrogens is 414 g/mol. The van der Waals surface area contributed by atoms with Gasteiger partial charge in [-0.25, -0.2) is 0 Å². The van der Waals surface area contributed by atoms with E-state index in [4.69, 9.17) is 0 Å². The van der Waals surface area contributed by atoms with Crippen molar-refractivity contribution in [3.8, 4) is 0 Å². The fourth-order valence-electron chi connectivity index (χ4n) is 3.31. The lowest BCUT2D eigenvalue weighted by molar-refractivity contribution is -0.129. The lowest BCUT2D eigenvalue weighted by atomic mass is 10.2. The van der Waals surface area contributed by atoms with Crippen molar-refractivity contribution in [2.45, 2.75) is 6.42 Å². The first-order valence-corrected chi connectivity index (χ1v) is 11.2. The van der Waals surface area contributed by atoms with Crippen LogP contribution in [-0.2, 0) is 9.59 Å². The molecule has 1 aliphatic rings. The highest BCUT2D eigenvalue weighted by Gasteiger charge is 2.19. The minimum Gasteiger partial charge on any atom is -0.348 e. The molecule has 31 heavy (non-hydrogen) atoms. The minimum atomic E-state index is -0.144. The van der Waals surface area contributed by atoms with Crippen molar-refractivity contribution >= 4 is 40.4 Å². The molecule has 1 aromatic heterocycles. The number of amides is 3. The molecule has 2 N–H and O–H groups in total. The topological polar surface area (TPSA) is 85.0 Å². The summed E-state index contributed by atoms with van der Waals surface area (Å²) >= 11 is 1.39.